The highest BCUT2D eigenvalue weighted by molar-refractivity contribution is 7.20. The van der Waals surface area contributed by atoms with Gasteiger partial charge in [-0.15, -0.1) is 21.5 Å². The van der Waals surface area contributed by atoms with Gasteiger partial charge in [0.2, 0.25) is 0 Å². The number of amides is 1. The van der Waals surface area contributed by atoms with Crippen molar-refractivity contribution in [2.24, 2.45) is 0 Å². The Hall–Kier alpha value is -3.33. The number of hydrogen-bond donors (Lipinski definition) is 2. The van der Waals surface area contributed by atoms with Gasteiger partial charge in [-0.1, -0.05) is 12.1 Å². The van der Waals surface area contributed by atoms with E-state index in [2.05, 4.69) is 30.9 Å². The Labute approximate surface area is 152 Å². The smallest absolute Gasteiger partial charge is 0.280 e. The topological polar surface area (TPSA) is 97.6 Å². The first kappa shape index (κ1) is 16.2. The highest BCUT2D eigenvalue weighted by atomic mass is 32.1. The zero-order valence-corrected chi connectivity index (χ0v) is 14.5. The summed E-state index contributed by atoms with van der Waals surface area (Å²) in [6, 6.07) is 13.2. The molecule has 3 heterocycles. The molecule has 2 N–H and O–H groups in total. The molecule has 0 atom stereocenters. The second kappa shape index (κ2) is 7.28. The molecule has 26 heavy (non-hydrogen) atoms. The molecule has 4 aromatic rings. The highest BCUT2D eigenvalue weighted by Gasteiger charge is 2.11. The molecular formula is C17H15N7OS. The maximum absolute atomic E-state index is 12.2. The van der Waals surface area contributed by atoms with Gasteiger partial charge in [-0.05, 0) is 30.3 Å². The van der Waals surface area contributed by atoms with Crippen LogP contribution in [-0.4, -0.2) is 44.0 Å². The molecule has 0 fully saturated rings. The summed E-state index contributed by atoms with van der Waals surface area (Å²) in [6.45, 7) is 0.990. The van der Waals surface area contributed by atoms with Crippen LogP contribution in [0.2, 0.25) is 0 Å². The standard InChI is InChI=1S/C17H15N7OS/c25-16(17-21-12-4-1-2-5-13(12)26-17)19-10-9-18-14-6-7-15(23-22-14)24-11-3-8-20-24/h1-8,11H,9-10H2,(H,18,22)(H,19,25). The summed E-state index contributed by atoms with van der Waals surface area (Å²) in [7, 11) is 0. The predicted molar refractivity (Wildman–Crippen MR) is 99.6 cm³/mol. The number of carbonyl (C=O) groups is 1. The lowest BCUT2D eigenvalue weighted by Crippen LogP contribution is -2.28. The van der Waals surface area contributed by atoms with Crippen molar-refractivity contribution in [1.82, 2.24) is 30.3 Å². The predicted octanol–water partition coefficient (Wildman–Crippen LogP) is 2.11. The van der Waals surface area contributed by atoms with E-state index < -0.39 is 0 Å². The lowest BCUT2D eigenvalue weighted by atomic mass is 10.3. The number of fused-ring (bicyclic) bond motifs is 1. The number of nitrogens with zero attached hydrogens (tertiary/aromatic N) is 5. The van der Waals surface area contributed by atoms with Gasteiger partial charge in [-0.2, -0.15) is 5.10 Å². The van der Waals surface area contributed by atoms with Crippen molar-refractivity contribution in [1.29, 1.82) is 0 Å². The average molecular weight is 365 g/mol. The van der Waals surface area contributed by atoms with Crippen molar-refractivity contribution in [3.8, 4) is 5.82 Å². The molecule has 0 aliphatic rings. The number of carbonyl (C=O) groups excluding carboxylic acids is 1. The molecule has 4 rings (SSSR count). The van der Waals surface area contributed by atoms with E-state index in [0.717, 1.165) is 10.2 Å². The molecule has 0 radical (unpaired) electrons. The average Bonchev–Trinajstić information content (AvgIpc) is 3.35. The van der Waals surface area contributed by atoms with E-state index in [-0.39, 0.29) is 5.91 Å². The van der Waals surface area contributed by atoms with Crippen molar-refractivity contribution in [2.45, 2.75) is 0 Å². The number of thiazole rings is 1. The number of anilines is 1. The van der Waals surface area contributed by atoms with E-state index in [9.17, 15) is 4.79 Å². The van der Waals surface area contributed by atoms with Gasteiger partial charge >= 0.3 is 0 Å². The maximum atomic E-state index is 12.2. The van der Waals surface area contributed by atoms with Gasteiger partial charge in [0.05, 0.1) is 10.2 Å². The van der Waals surface area contributed by atoms with Crippen LogP contribution in [0.3, 0.4) is 0 Å². The lowest BCUT2D eigenvalue weighted by Gasteiger charge is -2.06. The molecule has 0 spiro atoms. The van der Waals surface area contributed by atoms with Gasteiger partial charge in [-0.25, -0.2) is 9.67 Å². The molecule has 9 heteroatoms. The Kier molecular flexibility index (Phi) is 4.52. The van der Waals surface area contributed by atoms with Crippen molar-refractivity contribution in [3.05, 3.63) is 59.9 Å². The van der Waals surface area contributed by atoms with Crippen molar-refractivity contribution in [2.75, 3.05) is 18.4 Å². The monoisotopic (exact) mass is 365 g/mol. The molecule has 0 saturated carbocycles. The highest BCUT2D eigenvalue weighted by Crippen LogP contribution is 2.21. The molecule has 3 aromatic heterocycles. The largest absolute Gasteiger partial charge is 0.367 e. The minimum Gasteiger partial charge on any atom is -0.367 e. The lowest BCUT2D eigenvalue weighted by molar-refractivity contribution is 0.0955. The third kappa shape index (κ3) is 3.52. The van der Waals surface area contributed by atoms with E-state index in [1.54, 1.807) is 17.1 Å². The third-order valence-electron chi connectivity index (χ3n) is 3.59. The summed E-state index contributed by atoms with van der Waals surface area (Å²) < 4.78 is 2.64. The van der Waals surface area contributed by atoms with Gasteiger partial charge in [0.1, 0.15) is 5.82 Å². The minimum atomic E-state index is -0.173. The fraction of sp³-hybridized carbons (Fsp3) is 0.118. The minimum absolute atomic E-state index is 0.173. The summed E-state index contributed by atoms with van der Waals surface area (Å²) in [5.41, 5.74) is 0.841. The van der Waals surface area contributed by atoms with Crippen LogP contribution in [-0.2, 0) is 0 Å². The molecule has 0 aliphatic heterocycles. The van der Waals surface area contributed by atoms with Crippen LogP contribution in [0, 0.1) is 0 Å². The van der Waals surface area contributed by atoms with Crippen LogP contribution in [0.15, 0.2) is 54.9 Å². The van der Waals surface area contributed by atoms with Crippen LogP contribution in [0.1, 0.15) is 9.80 Å². The quantitative estimate of drug-likeness (QED) is 0.508. The summed E-state index contributed by atoms with van der Waals surface area (Å²) in [4.78, 5) is 16.5. The van der Waals surface area contributed by atoms with E-state index in [1.807, 2.05) is 42.5 Å². The Bertz CT molecular complexity index is 978. The van der Waals surface area contributed by atoms with Gasteiger partial charge in [0.15, 0.2) is 10.8 Å². The van der Waals surface area contributed by atoms with E-state index in [0.29, 0.717) is 29.7 Å². The molecule has 8 nitrogen and oxygen atoms in total. The first-order valence-electron chi connectivity index (χ1n) is 8.01. The second-order valence-corrected chi connectivity index (χ2v) is 6.43. The van der Waals surface area contributed by atoms with Gasteiger partial charge in [-0.3, -0.25) is 4.79 Å². The van der Waals surface area contributed by atoms with Gasteiger partial charge in [0, 0.05) is 25.5 Å². The van der Waals surface area contributed by atoms with Crippen molar-refractivity contribution in [3.63, 3.8) is 0 Å². The molecule has 0 aliphatic carbocycles. The van der Waals surface area contributed by atoms with Crippen LogP contribution in [0.4, 0.5) is 5.82 Å². The third-order valence-corrected chi connectivity index (χ3v) is 4.63. The molecule has 0 saturated heterocycles. The van der Waals surface area contributed by atoms with E-state index in [4.69, 9.17) is 0 Å². The molecule has 0 bridgehead atoms. The fourth-order valence-electron chi connectivity index (χ4n) is 2.36. The zero-order valence-electron chi connectivity index (χ0n) is 13.7. The van der Waals surface area contributed by atoms with Gasteiger partial charge < -0.3 is 10.6 Å². The molecular weight excluding hydrogens is 350 g/mol. The van der Waals surface area contributed by atoms with Gasteiger partial charge in [0.25, 0.3) is 5.91 Å². The number of benzene rings is 1. The molecule has 1 aromatic carbocycles. The van der Waals surface area contributed by atoms with Crippen LogP contribution < -0.4 is 10.6 Å². The number of nitrogens with one attached hydrogen (secondary N) is 2. The number of para-hydroxylation sites is 1. The first-order valence-corrected chi connectivity index (χ1v) is 8.83. The SMILES string of the molecule is O=C(NCCNc1ccc(-n2cccn2)nn1)c1nc2ccccc2s1. The van der Waals surface area contributed by atoms with Crippen LogP contribution in [0.5, 0.6) is 0 Å². The number of rotatable bonds is 6. The summed E-state index contributed by atoms with van der Waals surface area (Å²) >= 11 is 1.39. The zero-order chi connectivity index (χ0) is 17.8. The van der Waals surface area contributed by atoms with Crippen molar-refractivity contribution >= 4 is 33.3 Å². The van der Waals surface area contributed by atoms with E-state index >= 15 is 0 Å². The molecule has 130 valence electrons. The Morgan fingerprint density at radius 1 is 1.08 bits per heavy atom. The molecule has 0 unspecified atom stereocenters. The van der Waals surface area contributed by atoms with Crippen molar-refractivity contribution < 1.29 is 4.79 Å². The second-order valence-electron chi connectivity index (χ2n) is 5.40. The Morgan fingerprint density at radius 3 is 2.77 bits per heavy atom. The first-order chi connectivity index (χ1) is 12.8. The summed E-state index contributed by atoms with van der Waals surface area (Å²) in [5, 5.41) is 18.7. The van der Waals surface area contributed by atoms with E-state index in [1.165, 1.54) is 11.3 Å². The van der Waals surface area contributed by atoms with Crippen LogP contribution in [0.25, 0.3) is 16.0 Å². The van der Waals surface area contributed by atoms with Crippen LogP contribution >= 0.6 is 11.3 Å². The fourth-order valence-corrected chi connectivity index (χ4v) is 3.24. The summed E-state index contributed by atoms with van der Waals surface area (Å²) in [5.74, 6) is 1.10. The normalized spacial score (nSPS) is 10.8. The Balaban J connectivity index is 1.27. The number of aromatic nitrogens is 5. The molecule has 1 amide bonds. The Morgan fingerprint density at radius 2 is 2.00 bits per heavy atom. The summed E-state index contributed by atoms with van der Waals surface area (Å²) in [6.07, 6.45) is 3.48. The number of hydrogen-bond acceptors (Lipinski definition) is 7. The maximum Gasteiger partial charge on any atom is 0.280 e.